The molecule has 0 amide bonds. The van der Waals surface area contributed by atoms with Gasteiger partial charge in [0.1, 0.15) is 17.3 Å². The van der Waals surface area contributed by atoms with Crippen LogP contribution in [0.15, 0.2) is 46.9 Å². The zero-order valence-corrected chi connectivity index (χ0v) is 13.1. The number of hydrogen-bond acceptors (Lipinski definition) is 2. The number of ether oxygens (including phenoxy) is 1. The Labute approximate surface area is 127 Å². The molecule has 1 N–H and O–H groups in total. The van der Waals surface area contributed by atoms with Crippen LogP contribution in [0, 0.1) is 5.82 Å². The average molecular weight is 338 g/mol. The maximum absolute atomic E-state index is 13.3. The van der Waals surface area contributed by atoms with Gasteiger partial charge in [-0.1, -0.05) is 35.0 Å². The molecule has 1 atom stereocenters. The van der Waals surface area contributed by atoms with Crippen LogP contribution >= 0.6 is 15.9 Å². The first-order valence-corrected chi connectivity index (χ1v) is 7.35. The van der Waals surface area contributed by atoms with E-state index in [1.54, 1.807) is 6.07 Å². The van der Waals surface area contributed by atoms with Crippen molar-refractivity contribution >= 4 is 15.9 Å². The molecule has 0 heterocycles. The number of hydrogen-bond donors (Lipinski definition) is 1. The van der Waals surface area contributed by atoms with Crippen molar-refractivity contribution in [1.29, 1.82) is 0 Å². The van der Waals surface area contributed by atoms with E-state index in [1.807, 2.05) is 24.3 Å². The van der Waals surface area contributed by atoms with Gasteiger partial charge in [-0.05, 0) is 43.3 Å². The maximum atomic E-state index is 13.3. The Morgan fingerprint density at radius 3 is 2.45 bits per heavy atom. The van der Waals surface area contributed by atoms with Gasteiger partial charge in [0.25, 0.3) is 0 Å². The largest absolute Gasteiger partial charge is 0.457 e. The Hall–Kier alpha value is -1.39. The first kappa shape index (κ1) is 15.0. The van der Waals surface area contributed by atoms with Gasteiger partial charge < -0.3 is 10.1 Å². The van der Waals surface area contributed by atoms with E-state index in [4.69, 9.17) is 4.74 Å². The molecule has 0 saturated heterocycles. The summed E-state index contributed by atoms with van der Waals surface area (Å²) in [7, 11) is 0. The van der Waals surface area contributed by atoms with Crippen LogP contribution in [0.2, 0.25) is 0 Å². The fourth-order valence-corrected chi connectivity index (χ4v) is 2.42. The van der Waals surface area contributed by atoms with Crippen molar-refractivity contribution in [2.45, 2.75) is 19.9 Å². The molecule has 2 rings (SSSR count). The molecule has 0 radical (unpaired) electrons. The lowest BCUT2D eigenvalue weighted by atomic mass is 10.1. The molecule has 0 aliphatic rings. The average Bonchev–Trinajstić information content (AvgIpc) is 2.38. The predicted octanol–water partition coefficient (Wildman–Crippen LogP) is 5.05. The Balaban J connectivity index is 2.10. The molecule has 0 saturated carbocycles. The van der Waals surface area contributed by atoms with Gasteiger partial charge in [0, 0.05) is 16.6 Å². The van der Waals surface area contributed by atoms with Gasteiger partial charge in [0.2, 0.25) is 0 Å². The molecule has 2 aromatic rings. The van der Waals surface area contributed by atoms with Crippen molar-refractivity contribution in [3.63, 3.8) is 0 Å². The third-order valence-corrected chi connectivity index (χ3v) is 3.42. The lowest BCUT2D eigenvalue weighted by Crippen LogP contribution is -2.17. The molecule has 0 spiro atoms. The van der Waals surface area contributed by atoms with E-state index >= 15 is 0 Å². The molecule has 2 nitrogen and oxygen atoms in total. The quantitative estimate of drug-likeness (QED) is 0.824. The Morgan fingerprint density at radius 1 is 1.15 bits per heavy atom. The number of rotatable bonds is 5. The third kappa shape index (κ3) is 4.05. The second kappa shape index (κ2) is 6.86. The highest BCUT2D eigenvalue weighted by Crippen LogP contribution is 2.26. The minimum Gasteiger partial charge on any atom is -0.457 e. The molecule has 106 valence electrons. The van der Waals surface area contributed by atoms with Crippen LogP contribution in [-0.4, -0.2) is 6.54 Å². The highest BCUT2D eigenvalue weighted by atomic mass is 79.9. The van der Waals surface area contributed by atoms with Gasteiger partial charge in [-0.3, -0.25) is 0 Å². The van der Waals surface area contributed by atoms with Crippen LogP contribution in [0.1, 0.15) is 25.5 Å². The standard InChI is InChI=1S/C16H17BrFNO/c1-3-19-11(2)12-4-6-15(7-5-12)20-16-9-13(17)8-14(18)10-16/h4-11,19H,3H2,1-2H3. The second-order valence-electron chi connectivity index (χ2n) is 4.56. The van der Waals surface area contributed by atoms with Gasteiger partial charge in [-0.25, -0.2) is 4.39 Å². The van der Waals surface area contributed by atoms with Crippen LogP contribution in [0.4, 0.5) is 4.39 Å². The van der Waals surface area contributed by atoms with E-state index in [0.717, 1.165) is 6.54 Å². The molecule has 0 aromatic heterocycles. The highest BCUT2D eigenvalue weighted by Gasteiger charge is 2.05. The Morgan fingerprint density at radius 2 is 1.85 bits per heavy atom. The summed E-state index contributed by atoms with van der Waals surface area (Å²) in [6.45, 7) is 5.12. The van der Waals surface area contributed by atoms with Crippen LogP contribution < -0.4 is 10.1 Å². The lowest BCUT2D eigenvalue weighted by molar-refractivity contribution is 0.475. The first-order valence-electron chi connectivity index (χ1n) is 6.55. The van der Waals surface area contributed by atoms with Crippen molar-refractivity contribution in [3.05, 3.63) is 58.3 Å². The van der Waals surface area contributed by atoms with Gasteiger partial charge in [0.05, 0.1) is 0 Å². The van der Waals surface area contributed by atoms with Gasteiger partial charge >= 0.3 is 0 Å². The van der Waals surface area contributed by atoms with Gasteiger partial charge in [-0.2, -0.15) is 0 Å². The van der Waals surface area contributed by atoms with E-state index in [1.165, 1.54) is 17.7 Å². The topological polar surface area (TPSA) is 21.3 Å². The van der Waals surface area contributed by atoms with Crippen molar-refractivity contribution in [2.24, 2.45) is 0 Å². The minimum atomic E-state index is -0.327. The fraction of sp³-hybridized carbons (Fsp3) is 0.250. The van der Waals surface area contributed by atoms with Crippen LogP contribution in [0.5, 0.6) is 11.5 Å². The summed E-state index contributed by atoms with van der Waals surface area (Å²) >= 11 is 3.25. The van der Waals surface area contributed by atoms with E-state index in [-0.39, 0.29) is 5.82 Å². The zero-order valence-electron chi connectivity index (χ0n) is 11.5. The smallest absolute Gasteiger partial charge is 0.131 e. The molecule has 2 aromatic carbocycles. The van der Waals surface area contributed by atoms with Crippen molar-refractivity contribution in [3.8, 4) is 11.5 Å². The summed E-state index contributed by atoms with van der Waals surface area (Å²) in [5.74, 6) is 0.839. The molecular weight excluding hydrogens is 321 g/mol. The van der Waals surface area contributed by atoms with Crippen molar-refractivity contribution in [2.75, 3.05) is 6.54 Å². The molecule has 0 bridgehead atoms. The number of halogens is 2. The minimum absolute atomic E-state index is 0.303. The second-order valence-corrected chi connectivity index (χ2v) is 5.47. The molecule has 0 aliphatic heterocycles. The summed E-state index contributed by atoms with van der Waals surface area (Å²) in [5.41, 5.74) is 1.19. The number of benzene rings is 2. The predicted molar refractivity (Wildman–Crippen MR) is 82.7 cm³/mol. The molecule has 0 aliphatic carbocycles. The summed E-state index contributed by atoms with van der Waals surface area (Å²) in [4.78, 5) is 0. The number of nitrogens with one attached hydrogen (secondary N) is 1. The highest BCUT2D eigenvalue weighted by molar-refractivity contribution is 9.10. The molecule has 20 heavy (non-hydrogen) atoms. The summed E-state index contributed by atoms with van der Waals surface area (Å²) in [5, 5.41) is 3.35. The van der Waals surface area contributed by atoms with E-state index in [0.29, 0.717) is 22.0 Å². The SMILES string of the molecule is CCNC(C)c1ccc(Oc2cc(F)cc(Br)c2)cc1. The molecule has 1 unspecified atom stereocenters. The zero-order chi connectivity index (χ0) is 14.5. The lowest BCUT2D eigenvalue weighted by Gasteiger charge is -2.13. The third-order valence-electron chi connectivity index (χ3n) is 2.96. The normalized spacial score (nSPS) is 12.2. The van der Waals surface area contributed by atoms with Crippen molar-refractivity contribution < 1.29 is 9.13 Å². The monoisotopic (exact) mass is 337 g/mol. The van der Waals surface area contributed by atoms with Crippen LogP contribution in [0.3, 0.4) is 0 Å². The Bertz CT molecular complexity index is 551. The van der Waals surface area contributed by atoms with Gasteiger partial charge in [0.15, 0.2) is 0 Å². The van der Waals surface area contributed by atoms with Crippen molar-refractivity contribution in [1.82, 2.24) is 5.32 Å². The van der Waals surface area contributed by atoms with E-state index in [2.05, 4.69) is 35.1 Å². The molecule has 4 heteroatoms. The van der Waals surface area contributed by atoms with Gasteiger partial charge in [-0.15, -0.1) is 0 Å². The summed E-state index contributed by atoms with van der Waals surface area (Å²) < 4.78 is 19.6. The Kier molecular flexibility index (Phi) is 5.15. The first-order chi connectivity index (χ1) is 9.58. The van der Waals surface area contributed by atoms with E-state index < -0.39 is 0 Å². The fourth-order valence-electron chi connectivity index (χ4n) is 1.97. The summed E-state index contributed by atoms with van der Waals surface area (Å²) in [6.07, 6.45) is 0. The molecule has 0 fully saturated rings. The maximum Gasteiger partial charge on any atom is 0.131 e. The molecular formula is C16H17BrFNO. The van der Waals surface area contributed by atoms with Crippen LogP contribution in [-0.2, 0) is 0 Å². The van der Waals surface area contributed by atoms with Crippen LogP contribution in [0.25, 0.3) is 0 Å². The summed E-state index contributed by atoms with van der Waals surface area (Å²) in [6, 6.07) is 12.6. The van der Waals surface area contributed by atoms with E-state index in [9.17, 15) is 4.39 Å².